The van der Waals surface area contributed by atoms with Crippen LogP contribution in [0.15, 0.2) is 29.2 Å². The van der Waals surface area contributed by atoms with Gasteiger partial charge in [-0.2, -0.15) is 0 Å². The molecule has 0 fully saturated rings. The van der Waals surface area contributed by atoms with Gasteiger partial charge in [0.1, 0.15) is 5.82 Å². The van der Waals surface area contributed by atoms with Gasteiger partial charge in [0.2, 0.25) is 0 Å². The predicted octanol–water partition coefficient (Wildman–Crippen LogP) is 2.91. The summed E-state index contributed by atoms with van der Waals surface area (Å²) in [5.74, 6) is -0.132. The van der Waals surface area contributed by atoms with E-state index in [-0.39, 0.29) is 5.82 Å². The average Bonchev–Trinajstić information content (AvgIpc) is 2.20. The summed E-state index contributed by atoms with van der Waals surface area (Å²) in [4.78, 5) is 0.724. The first kappa shape index (κ1) is 11.5. The van der Waals surface area contributed by atoms with Crippen LogP contribution in [0.3, 0.4) is 0 Å². The summed E-state index contributed by atoms with van der Waals surface area (Å²) >= 11 is 1.57. The van der Waals surface area contributed by atoms with E-state index in [1.165, 1.54) is 6.07 Å². The Bertz CT molecular complexity index is 290. The minimum atomic E-state index is -0.132. The van der Waals surface area contributed by atoms with Gasteiger partial charge in [0.25, 0.3) is 0 Å². The number of hydrogen-bond donors (Lipinski definition) is 1. The molecule has 0 heterocycles. The van der Waals surface area contributed by atoms with Crippen molar-refractivity contribution in [3.63, 3.8) is 0 Å². The van der Waals surface area contributed by atoms with Gasteiger partial charge in [-0.15, -0.1) is 11.8 Å². The molecule has 0 saturated carbocycles. The molecule has 0 aliphatic rings. The highest BCUT2D eigenvalue weighted by Crippen LogP contribution is 2.27. The molecule has 0 aliphatic heterocycles. The van der Waals surface area contributed by atoms with Crippen molar-refractivity contribution in [3.05, 3.63) is 30.1 Å². The summed E-state index contributed by atoms with van der Waals surface area (Å²) in [6, 6.07) is 7.27. The zero-order valence-electron chi connectivity index (χ0n) is 8.75. The maximum Gasteiger partial charge on any atom is 0.136 e. The Morgan fingerprint density at radius 1 is 1.29 bits per heavy atom. The SMILES string of the molecule is CNC(C)C(C)Sc1ccccc1F. The van der Waals surface area contributed by atoms with E-state index in [4.69, 9.17) is 0 Å². The molecule has 3 heteroatoms. The number of nitrogens with one attached hydrogen (secondary N) is 1. The normalized spacial score (nSPS) is 15.1. The second kappa shape index (κ2) is 5.37. The molecule has 1 aromatic rings. The van der Waals surface area contributed by atoms with Crippen LogP contribution in [-0.4, -0.2) is 18.3 Å². The van der Waals surface area contributed by atoms with Gasteiger partial charge in [-0.25, -0.2) is 4.39 Å². The van der Waals surface area contributed by atoms with Crippen LogP contribution in [0.2, 0.25) is 0 Å². The molecule has 0 saturated heterocycles. The second-order valence-corrected chi connectivity index (χ2v) is 4.75. The predicted molar refractivity (Wildman–Crippen MR) is 60.2 cm³/mol. The Hall–Kier alpha value is -0.540. The van der Waals surface area contributed by atoms with Crippen molar-refractivity contribution in [3.8, 4) is 0 Å². The number of thioether (sulfide) groups is 1. The van der Waals surface area contributed by atoms with Crippen LogP contribution < -0.4 is 5.32 Å². The fourth-order valence-corrected chi connectivity index (χ4v) is 2.16. The van der Waals surface area contributed by atoms with Crippen LogP contribution in [-0.2, 0) is 0 Å². The molecular weight excluding hydrogens is 197 g/mol. The van der Waals surface area contributed by atoms with Crippen LogP contribution in [0.1, 0.15) is 13.8 Å². The first-order valence-electron chi connectivity index (χ1n) is 4.73. The summed E-state index contributed by atoms with van der Waals surface area (Å²) in [6.45, 7) is 4.19. The zero-order chi connectivity index (χ0) is 10.6. The number of halogens is 1. The van der Waals surface area contributed by atoms with Gasteiger partial charge in [-0.1, -0.05) is 19.1 Å². The van der Waals surface area contributed by atoms with Crippen LogP contribution >= 0.6 is 11.8 Å². The van der Waals surface area contributed by atoms with Crippen molar-refractivity contribution < 1.29 is 4.39 Å². The molecule has 14 heavy (non-hydrogen) atoms. The molecule has 1 rings (SSSR count). The first-order valence-corrected chi connectivity index (χ1v) is 5.61. The molecule has 2 atom stereocenters. The third kappa shape index (κ3) is 3.00. The summed E-state index contributed by atoms with van der Waals surface area (Å²) in [6.07, 6.45) is 0. The van der Waals surface area contributed by atoms with E-state index in [9.17, 15) is 4.39 Å². The standard InChI is InChI=1S/C11H16FNS/c1-8(13-3)9(2)14-11-7-5-4-6-10(11)12/h4-9,13H,1-3H3. The second-order valence-electron chi connectivity index (χ2n) is 3.33. The molecule has 0 amide bonds. The summed E-state index contributed by atoms with van der Waals surface area (Å²) in [5.41, 5.74) is 0. The van der Waals surface area contributed by atoms with Gasteiger partial charge in [0.05, 0.1) is 0 Å². The maximum absolute atomic E-state index is 13.3. The van der Waals surface area contributed by atoms with Gasteiger partial charge < -0.3 is 5.32 Å². The van der Waals surface area contributed by atoms with E-state index in [2.05, 4.69) is 19.2 Å². The van der Waals surface area contributed by atoms with Crippen molar-refractivity contribution in [2.75, 3.05) is 7.05 Å². The van der Waals surface area contributed by atoms with Crippen LogP contribution in [0.5, 0.6) is 0 Å². The lowest BCUT2D eigenvalue weighted by Gasteiger charge is -2.18. The topological polar surface area (TPSA) is 12.0 Å². The lowest BCUT2D eigenvalue weighted by molar-refractivity contribution is 0.591. The highest BCUT2D eigenvalue weighted by molar-refractivity contribution is 8.00. The summed E-state index contributed by atoms with van der Waals surface area (Å²) < 4.78 is 13.3. The van der Waals surface area contributed by atoms with Crippen molar-refractivity contribution in [2.45, 2.75) is 30.0 Å². The van der Waals surface area contributed by atoms with Gasteiger partial charge in [-0.05, 0) is 26.1 Å². The molecule has 0 aromatic heterocycles. The van der Waals surface area contributed by atoms with E-state index < -0.39 is 0 Å². The van der Waals surface area contributed by atoms with Crippen LogP contribution in [0, 0.1) is 5.82 Å². The molecule has 1 aromatic carbocycles. The third-order valence-electron chi connectivity index (χ3n) is 2.31. The summed E-state index contributed by atoms with van der Waals surface area (Å²) in [7, 11) is 1.92. The average molecular weight is 213 g/mol. The number of hydrogen-bond acceptors (Lipinski definition) is 2. The van der Waals surface area contributed by atoms with E-state index in [0.29, 0.717) is 11.3 Å². The van der Waals surface area contributed by atoms with E-state index in [1.807, 2.05) is 19.2 Å². The molecule has 2 unspecified atom stereocenters. The Morgan fingerprint density at radius 2 is 1.93 bits per heavy atom. The van der Waals surface area contributed by atoms with Crippen molar-refractivity contribution in [1.29, 1.82) is 0 Å². The van der Waals surface area contributed by atoms with Crippen molar-refractivity contribution in [2.24, 2.45) is 0 Å². The largest absolute Gasteiger partial charge is 0.316 e. The van der Waals surface area contributed by atoms with Gasteiger partial charge in [-0.3, -0.25) is 0 Å². The highest BCUT2D eigenvalue weighted by Gasteiger charge is 2.13. The van der Waals surface area contributed by atoms with E-state index in [0.717, 1.165) is 4.90 Å². The van der Waals surface area contributed by atoms with Gasteiger partial charge in [0.15, 0.2) is 0 Å². The lowest BCUT2D eigenvalue weighted by atomic mass is 10.3. The minimum Gasteiger partial charge on any atom is -0.316 e. The molecule has 0 bridgehead atoms. The van der Waals surface area contributed by atoms with Crippen molar-refractivity contribution >= 4 is 11.8 Å². The maximum atomic E-state index is 13.3. The van der Waals surface area contributed by atoms with E-state index in [1.54, 1.807) is 17.8 Å². The Labute approximate surface area is 89.1 Å². The number of rotatable bonds is 4. The van der Waals surface area contributed by atoms with Gasteiger partial charge >= 0.3 is 0 Å². The summed E-state index contributed by atoms with van der Waals surface area (Å²) in [5, 5.41) is 3.52. The zero-order valence-corrected chi connectivity index (χ0v) is 9.57. The Balaban J connectivity index is 2.64. The Kier molecular flexibility index (Phi) is 4.42. The van der Waals surface area contributed by atoms with Crippen LogP contribution in [0.25, 0.3) is 0 Å². The highest BCUT2D eigenvalue weighted by atomic mass is 32.2. The minimum absolute atomic E-state index is 0.132. The Morgan fingerprint density at radius 3 is 2.50 bits per heavy atom. The van der Waals surface area contributed by atoms with Gasteiger partial charge in [0, 0.05) is 16.2 Å². The van der Waals surface area contributed by atoms with Crippen molar-refractivity contribution in [1.82, 2.24) is 5.32 Å². The van der Waals surface area contributed by atoms with Crippen LogP contribution in [0.4, 0.5) is 4.39 Å². The first-order chi connectivity index (χ1) is 6.65. The molecular formula is C11H16FNS. The fourth-order valence-electron chi connectivity index (χ4n) is 1.08. The molecule has 0 spiro atoms. The quantitative estimate of drug-likeness (QED) is 0.772. The fraction of sp³-hybridized carbons (Fsp3) is 0.455. The molecule has 1 nitrogen and oxygen atoms in total. The molecule has 0 radical (unpaired) electrons. The molecule has 1 N–H and O–H groups in total. The molecule has 78 valence electrons. The monoisotopic (exact) mass is 213 g/mol. The number of benzene rings is 1. The lowest BCUT2D eigenvalue weighted by Crippen LogP contribution is -2.30. The molecule has 0 aliphatic carbocycles. The van der Waals surface area contributed by atoms with E-state index >= 15 is 0 Å². The third-order valence-corrected chi connectivity index (χ3v) is 3.67. The smallest absolute Gasteiger partial charge is 0.136 e.